The van der Waals surface area contributed by atoms with Crippen LogP contribution in [0.2, 0.25) is 0 Å². The molecule has 1 rings (SSSR count). The molecule has 1 aliphatic carbocycles. The Morgan fingerprint density at radius 2 is 1.92 bits per heavy atom. The Bertz CT molecular complexity index is 197. The molecular weight excluding hydrogens is 164 g/mol. The van der Waals surface area contributed by atoms with Crippen molar-refractivity contribution < 1.29 is 9.53 Å². The molecule has 0 N–H and O–H groups in total. The Balaban J connectivity index is 2.24. The van der Waals surface area contributed by atoms with Gasteiger partial charge < -0.3 is 4.74 Å². The van der Waals surface area contributed by atoms with Gasteiger partial charge in [-0.1, -0.05) is 0 Å². The molecule has 0 aromatic carbocycles. The van der Waals surface area contributed by atoms with Gasteiger partial charge in [0.25, 0.3) is 0 Å². The Kier molecular flexibility index (Phi) is 2.81. The first kappa shape index (κ1) is 10.7. The first-order chi connectivity index (χ1) is 5.86. The SMILES string of the molecule is CC(=O)C1(CCOC(C)(C)C)CC1. The third-order valence-electron chi connectivity index (χ3n) is 2.72. The molecule has 0 aromatic heterocycles. The number of carbonyl (C=O) groups is 1. The Labute approximate surface area is 80.7 Å². The molecule has 2 heteroatoms. The van der Waals surface area contributed by atoms with Gasteiger partial charge in [-0.05, 0) is 47.0 Å². The summed E-state index contributed by atoms with van der Waals surface area (Å²) >= 11 is 0. The van der Waals surface area contributed by atoms with E-state index in [-0.39, 0.29) is 11.0 Å². The zero-order valence-electron chi connectivity index (χ0n) is 9.14. The molecule has 0 atom stereocenters. The zero-order chi connectivity index (χ0) is 10.1. The van der Waals surface area contributed by atoms with Crippen LogP contribution in [0.3, 0.4) is 0 Å². The average molecular weight is 184 g/mol. The summed E-state index contributed by atoms with van der Waals surface area (Å²) in [5, 5.41) is 0. The second-order valence-corrected chi connectivity index (χ2v) is 5.05. The highest BCUT2D eigenvalue weighted by Crippen LogP contribution is 2.49. The Morgan fingerprint density at radius 1 is 1.38 bits per heavy atom. The Hall–Kier alpha value is -0.370. The Morgan fingerprint density at radius 3 is 2.23 bits per heavy atom. The van der Waals surface area contributed by atoms with Crippen LogP contribution in [0.1, 0.15) is 47.0 Å². The summed E-state index contributed by atoms with van der Waals surface area (Å²) in [5.74, 6) is 0.338. The normalized spacial score (nSPS) is 20.0. The molecule has 0 aromatic rings. The molecule has 0 heterocycles. The number of hydrogen-bond donors (Lipinski definition) is 0. The molecule has 0 unspecified atom stereocenters. The van der Waals surface area contributed by atoms with Crippen molar-refractivity contribution in [1.82, 2.24) is 0 Å². The maximum absolute atomic E-state index is 11.2. The van der Waals surface area contributed by atoms with E-state index in [9.17, 15) is 4.79 Å². The molecule has 0 bridgehead atoms. The summed E-state index contributed by atoms with van der Waals surface area (Å²) in [5.41, 5.74) is -0.0713. The summed E-state index contributed by atoms with van der Waals surface area (Å²) < 4.78 is 5.60. The van der Waals surface area contributed by atoms with Crippen LogP contribution in [0.4, 0.5) is 0 Å². The maximum Gasteiger partial charge on any atom is 0.136 e. The van der Waals surface area contributed by atoms with E-state index < -0.39 is 0 Å². The number of carbonyl (C=O) groups excluding carboxylic acids is 1. The van der Waals surface area contributed by atoms with Crippen molar-refractivity contribution in [3.05, 3.63) is 0 Å². The van der Waals surface area contributed by atoms with Gasteiger partial charge in [0.15, 0.2) is 0 Å². The summed E-state index contributed by atoms with van der Waals surface area (Å²) in [7, 11) is 0. The van der Waals surface area contributed by atoms with Crippen molar-refractivity contribution in [3.63, 3.8) is 0 Å². The predicted molar refractivity (Wildman–Crippen MR) is 52.7 cm³/mol. The quantitative estimate of drug-likeness (QED) is 0.671. The summed E-state index contributed by atoms with van der Waals surface area (Å²) in [6.07, 6.45) is 3.03. The minimum absolute atomic E-state index is 0.00521. The first-order valence-corrected chi connectivity index (χ1v) is 5.01. The van der Waals surface area contributed by atoms with Crippen molar-refractivity contribution in [3.8, 4) is 0 Å². The molecular formula is C11H20O2. The second kappa shape index (κ2) is 3.41. The van der Waals surface area contributed by atoms with Crippen LogP contribution in [-0.4, -0.2) is 18.0 Å². The van der Waals surface area contributed by atoms with Crippen LogP contribution >= 0.6 is 0 Å². The van der Waals surface area contributed by atoms with Crippen LogP contribution in [0.15, 0.2) is 0 Å². The standard InChI is InChI=1S/C11H20O2/c1-9(12)11(5-6-11)7-8-13-10(2,3)4/h5-8H2,1-4H3. The number of ketones is 1. The number of rotatable bonds is 4. The molecule has 1 aliphatic rings. The summed E-state index contributed by atoms with van der Waals surface area (Å²) in [6.45, 7) is 8.54. The molecule has 0 aliphatic heterocycles. The third kappa shape index (κ3) is 3.11. The fourth-order valence-electron chi connectivity index (χ4n) is 1.48. The number of Topliss-reactive ketones (excluding diaryl/α,β-unsaturated/α-hetero) is 1. The molecule has 2 nitrogen and oxygen atoms in total. The largest absolute Gasteiger partial charge is 0.376 e. The summed E-state index contributed by atoms with van der Waals surface area (Å²) in [4.78, 5) is 11.2. The monoisotopic (exact) mass is 184 g/mol. The lowest BCUT2D eigenvalue weighted by Gasteiger charge is -2.21. The van der Waals surface area contributed by atoms with Gasteiger partial charge >= 0.3 is 0 Å². The lowest BCUT2D eigenvalue weighted by Crippen LogP contribution is -2.23. The number of hydrogen-bond acceptors (Lipinski definition) is 2. The van der Waals surface area contributed by atoms with Crippen molar-refractivity contribution in [2.24, 2.45) is 5.41 Å². The van der Waals surface area contributed by atoms with Crippen molar-refractivity contribution in [2.75, 3.05) is 6.61 Å². The van der Waals surface area contributed by atoms with Gasteiger partial charge in [-0.25, -0.2) is 0 Å². The molecule has 0 radical (unpaired) electrons. The van der Waals surface area contributed by atoms with Gasteiger partial charge in [0.2, 0.25) is 0 Å². The fraction of sp³-hybridized carbons (Fsp3) is 0.909. The molecule has 1 fully saturated rings. The van der Waals surface area contributed by atoms with Gasteiger partial charge in [0.1, 0.15) is 5.78 Å². The smallest absolute Gasteiger partial charge is 0.136 e. The van der Waals surface area contributed by atoms with Crippen LogP contribution in [-0.2, 0) is 9.53 Å². The minimum atomic E-state index is -0.0765. The lowest BCUT2D eigenvalue weighted by atomic mass is 9.98. The molecule has 0 spiro atoms. The van der Waals surface area contributed by atoms with Crippen molar-refractivity contribution >= 4 is 5.78 Å². The minimum Gasteiger partial charge on any atom is -0.376 e. The van der Waals surface area contributed by atoms with Gasteiger partial charge in [-0.3, -0.25) is 4.79 Å². The van der Waals surface area contributed by atoms with Crippen molar-refractivity contribution in [1.29, 1.82) is 0 Å². The van der Waals surface area contributed by atoms with E-state index in [4.69, 9.17) is 4.74 Å². The fourth-order valence-corrected chi connectivity index (χ4v) is 1.48. The van der Waals surface area contributed by atoms with E-state index >= 15 is 0 Å². The number of ether oxygens (including phenoxy) is 1. The van der Waals surface area contributed by atoms with E-state index in [1.165, 1.54) is 0 Å². The highest BCUT2D eigenvalue weighted by Gasteiger charge is 2.46. The molecule has 76 valence electrons. The van der Waals surface area contributed by atoms with E-state index in [0.717, 1.165) is 19.3 Å². The average Bonchev–Trinajstić information content (AvgIpc) is 2.65. The lowest BCUT2D eigenvalue weighted by molar-refractivity contribution is -0.123. The highest BCUT2D eigenvalue weighted by atomic mass is 16.5. The summed E-state index contributed by atoms with van der Waals surface area (Å²) in [6, 6.07) is 0. The van der Waals surface area contributed by atoms with Gasteiger partial charge in [0.05, 0.1) is 5.60 Å². The highest BCUT2D eigenvalue weighted by molar-refractivity contribution is 5.84. The molecule has 0 saturated heterocycles. The van der Waals surface area contributed by atoms with E-state index in [1.54, 1.807) is 6.92 Å². The van der Waals surface area contributed by atoms with Gasteiger partial charge in [-0.15, -0.1) is 0 Å². The van der Waals surface area contributed by atoms with E-state index in [2.05, 4.69) is 0 Å². The van der Waals surface area contributed by atoms with E-state index in [1.807, 2.05) is 20.8 Å². The molecule has 13 heavy (non-hydrogen) atoms. The van der Waals surface area contributed by atoms with Crippen molar-refractivity contribution in [2.45, 2.75) is 52.6 Å². The predicted octanol–water partition coefficient (Wildman–Crippen LogP) is 2.56. The van der Waals surface area contributed by atoms with Crippen LogP contribution in [0.25, 0.3) is 0 Å². The third-order valence-corrected chi connectivity index (χ3v) is 2.72. The molecule has 0 amide bonds. The molecule has 1 saturated carbocycles. The van der Waals surface area contributed by atoms with Gasteiger partial charge in [-0.2, -0.15) is 0 Å². The topological polar surface area (TPSA) is 26.3 Å². The van der Waals surface area contributed by atoms with E-state index in [0.29, 0.717) is 12.4 Å². The first-order valence-electron chi connectivity index (χ1n) is 5.01. The maximum atomic E-state index is 11.2. The van der Waals surface area contributed by atoms with Gasteiger partial charge in [0, 0.05) is 12.0 Å². The second-order valence-electron chi connectivity index (χ2n) is 5.05. The zero-order valence-corrected chi connectivity index (χ0v) is 9.14. The van der Waals surface area contributed by atoms with Crippen LogP contribution < -0.4 is 0 Å². The van der Waals surface area contributed by atoms with Crippen LogP contribution in [0, 0.1) is 5.41 Å². The van der Waals surface area contributed by atoms with Crippen LogP contribution in [0.5, 0.6) is 0 Å².